The van der Waals surface area contributed by atoms with Crippen LogP contribution in [0.3, 0.4) is 0 Å². The number of halogens is 2. The van der Waals surface area contributed by atoms with Gasteiger partial charge in [-0.25, -0.2) is 13.8 Å². The molecule has 33 heavy (non-hydrogen) atoms. The normalized spacial score (nSPS) is 14.1. The van der Waals surface area contributed by atoms with Gasteiger partial charge in [0.05, 0.1) is 18.4 Å². The second-order valence-electron chi connectivity index (χ2n) is 7.34. The van der Waals surface area contributed by atoms with Crippen molar-refractivity contribution in [3.05, 3.63) is 94.2 Å². The molecule has 3 aromatic rings. The summed E-state index contributed by atoms with van der Waals surface area (Å²) in [5.74, 6) is 3.50. The summed E-state index contributed by atoms with van der Waals surface area (Å²) in [4.78, 5) is 31.3. The average Bonchev–Trinajstić information content (AvgIpc) is 2.83. The number of ether oxygens (including phenoxy) is 1. The van der Waals surface area contributed by atoms with Gasteiger partial charge >= 0.3 is 0 Å². The van der Waals surface area contributed by atoms with E-state index in [1.165, 1.54) is 17.0 Å². The highest BCUT2D eigenvalue weighted by molar-refractivity contribution is 6.36. The molecule has 1 aliphatic heterocycles. The predicted octanol–water partition coefficient (Wildman–Crippen LogP) is 4.21. The third kappa shape index (κ3) is 4.51. The summed E-state index contributed by atoms with van der Waals surface area (Å²) in [5.41, 5.74) is 2.37. The van der Waals surface area contributed by atoms with Crippen molar-refractivity contribution in [2.45, 2.75) is 6.42 Å². The number of hydrogen-bond donors (Lipinski definition) is 0. The molecule has 1 aromatic heterocycles. The fourth-order valence-electron chi connectivity index (χ4n) is 3.40. The zero-order valence-electron chi connectivity index (χ0n) is 17.9. The van der Waals surface area contributed by atoms with Crippen LogP contribution in [0.25, 0.3) is 6.08 Å². The molecule has 0 radical (unpaired) electrons. The van der Waals surface area contributed by atoms with Crippen LogP contribution in [-0.2, 0) is 11.2 Å². The van der Waals surface area contributed by atoms with Gasteiger partial charge in [-0.05, 0) is 47.5 Å². The lowest BCUT2D eigenvalue weighted by atomic mass is 9.92. The molecule has 4 rings (SSSR count). The SMILES string of the molecule is COc1ccc(CC#Cc2ccc3c(c2)C(=O)/C(=C\c2ccc(F)c(F)c2)C(=O)N3C)cn1. The number of pyridine rings is 1. The number of hydrogen-bond acceptors (Lipinski definition) is 4. The number of benzene rings is 2. The van der Waals surface area contributed by atoms with Crippen LogP contribution >= 0.6 is 0 Å². The minimum absolute atomic E-state index is 0.134. The maximum absolute atomic E-state index is 13.6. The Hall–Kier alpha value is -4.31. The van der Waals surface area contributed by atoms with Crippen LogP contribution in [0.5, 0.6) is 5.88 Å². The lowest BCUT2D eigenvalue weighted by Gasteiger charge is -2.26. The number of nitrogens with zero attached hydrogens (tertiary/aromatic N) is 2. The molecular weight excluding hydrogens is 426 g/mol. The molecule has 2 aromatic carbocycles. The van der Waals surface area contributed by atoms with E-state index in [9.17, 15) is 18.4 Å². The monoisotopic (exact) mass is 444 g/mol. The number of carbonyl (C=O) groups excluding carboxylic acids is 2. The van der Waals surface area contributed by atoms with Crippen LogP contribution in [0.15, 0.2) is 60.3 Å². The number of aromatic nitrogens is 1. The average molecular weight is 444 g/mol. The minimum atomic E-state index is -1.06. The highest BCUT2D eigenvalue weighted by Gasteiger charge is 2.32. The summed E-state index contributed by atoms with van der Waals surface area (Å²) in [6, 6.07) is 11.8. The largest absolute Gasteiger partial charge is 0.481 e. The zero-order chi connectivity index (χ0) is 23.5. The lowest BCUT2D eigenvalue weighted by molar-refractivity contribution is -0.114. The van der Waals surface area contributed by atoms with Crippen LogP contribution in [0, 0.1) is 23.5 Å². The smallest absolute Gasteiger partial charge is 0.262 e. The third-order valence-electron chi connectivity index (χ3n) is 5.17. The molecule has 0 N–H and O–H groups in total. The van der Waals surface area contributed by atoms with E-state index >= 15 is 0 Å². The number of Topliss-reactive ketones (excluding diaryl/α,β-unsaturated/α-hetero) is 1. The van der Waals surface area contributed by atoms with E-state index in [0.717, 1.165) is 17.7 Å². The molecule has 164 valence electrons. The van der Waals surface area contributed by atoms with Gasteiger partial charge in [-0.3, -0.25) is 9.59 Å². The Labute approximate surface area is 189 Å². The standard InChI is InChI=1S/C26H18F2N2O3/c1-30-23-10-7-16(4-3-5-17-8-11-24(33-2)29-15-17)12-19(23)25(31)20(26(30)32)13-18-6-9-21(27)22(28)14-18/h6-15H,5H2,1-2H3/b20-13+. The fraction of sp³-hybridized carbons (Fsp3) is 0.115. The molecule has 5 nitrogen and oxygen atoms in total. The first-order valence-electron chi connectivity index (χ1n) is 9.98. The Bertz CT molecular complexity index is 1350. The Balaban J connectivity index is 1.62. The van der Waals surface area contributed by atoms with Crippen molar-refractivity contribution in [3.8, 4) is 17.7 Å². The Kier molecular flexibility index (Phi) is 6.01. The highest BCUT2D eigenvalue weighted by atomic mass is 19.2. The molecule has 0 spiro atoms. The molecule has 2 heterocycles. The number of fused-ring (bicyclic) bond motifs is 1. The molecule has 0 bridgehead atoms. The maximum atomic E-state index is 13.6. The Morgan fingerprint density at radius 1 is 1.06 bits per heavy atom. The van der Waals surface area contributed by atoms with Crippen molar-refractivity contribution < 1.29 is 23.1 Å². The summed E-state index contributed by atoms with van der Waals surface area (Å²) in [6.07, 6.45) is 3.41. The van der Waals surface area contributed by atoms with Crippen LogP contribution in [-0.4, -0.2) is 30.8 Å². The molecule has 0 saturated heterocycles. The number of carbonyl (C=O) groups is 2. The van der Waals surface area contributed by atoms with Crippen molar-refractivity contribution >= 4 is 23.5 Å². The summed E-state index contributed by atoms with van der Waals surface area (Å²) in [5, 5.41) is 0. The van der Waals surface area contributed by atoms with Crippen molar-refractivity contribution in [2.75, 3.05) is 19.1 Å². The minimum Gasteiger partial charge on any atom is -0.481 e. The van der Waals surface area contributed by atoms with E-state index in [-0.39, 0.29) is 11.1 Å². The molecule has 7 heteroatoms. The van der Waals surface area contributed by atoms with Gasteiger partial charge < -0.3 is 9.64 Å². The van der Waals surface area contributed by atoms with Crippen molar-refractivity contribution in [1.82, 2.24) is 4.98 Å². The molecule has 1 amide bonds. The van der Waals surface area contributed by atoms with E-state index in [0.29, 0.717) is 29.1 Å². The fourth-order valence-corrected chi connectivity index (χ4v) is 3.40. The summed E-state index contributed by atoms with van der Waals surface area (Å²) >= 11 is 0. The van der Waals surface area contributed by atoms with Gasteiger partial charge in [-0.2, -0.15) is 0 Å². The van der Waals surface area contributed by atoms with E-state index in [1.807, 2.05) is 6.07 Å². The number of amides is 1. The Morgan fingerprint density at radius 3 is 2.58 bits per heavy atom. The van der Waals surface area contributed by atoms with E-state index in [4.69, 9.17) is 4.74 Å². The lowest BCUT2D eigenvalue weighted by Crippen LogP contribution is -2.36. The molecule has 0 aliphatic carbocycles. The van der Waals surface area contributed by atoms with Crippen LogP contribution < -0.4 is 9.64 Å². The van der Waals surface area contributed by atoms with E-state index in [2.05, 4.69) is 16.8 Å². The van der Waals surface area contributed by atoms with Crippen molar-refractivity contribution in [2.24, 2.45) is 0 Å². The van der Waals surface area contributed by atoms with Crippen LogP contribution in [0.1, 0.15) is 27.0 Å². The highest BCUT2D eigenvalue weighted by Crippen LogP contribution is 2.31. The maximum Gasteiger partial charge on any atom is 0.262 e. The second kappa shape index (κ2) is 9.05. The third-order valence-corrected chi connectivity index (χ3v) is 5.17. The van der Waals surface area contributed by atoms with Gasteiger partial charge in [0.15, 0.2) is 11.6 Å². The van der Waals surface area contributed by atoms with Gasteiger partial charge in [0.2, 0.25) is 11.7 Å². The molecule has 1 aliphatic rings. The molecule has 0 atom stereocenters. The number of anilines is 1. The number of likely N-dealkylation sites (N-methyl/N-ethyl adjacent to an activating group) is 1. The van der Waals surface area contributed by atoms with Gasteiger partial charge in [0.25, 0.3) is 5.91 Å². The summed E-state index contributed by atoms with van der Waals surface area (Å²) < 4.78 is 31.8. The summed E-state index contributed by atoms with van der Waals surface area (Å²) in [6.45, 7) is 0. The van der Waals surface area contributed by atoms with Crippen LogP contribution in [0.4, 0.5) is 14.5 Å². The van der Waals surface area contributed by atoms with Gasteiger partial charge in [0, 0.05) is 36.9 Å². The predicted molar refractivity (Wildman–Crippen MR) is 120 cm³/mol. The summed E-state index contributed by atoms with van der Waals surface area (Å²) in [7, 11) is 3.09. The number of rotatable bonds is 3. The molecule has 0 saturated carbocycles. The topological polar surface area (TPSA) is 59.5 Å². The van der Waals surface area contributed by atoms with Crippen molar-refractivity contribution in [1.29, 1.82) is 0 Å². The van der Waals surface area contributed by atoms with Crippen LogP contribution in [0.2, 0.25) is 0 Å². The van der Waals surface area contributed by atoms with Gasteiger partial charge in [-0.15, -0.1) is 0 Å². The van der Waals surface area contributed by atoms with Gasteiger partial charge in [0.1, 0.15) is 0 Å². The Morgan fingerprint density at radius 2 is 1.88 bits per heavy atom. The zero-order valence-corrected chi connectivity index (χ0v) is 17.9. The van der Waals surface area contributed by atoms with Crippen molar-refractivity contribution in [3.63, 3.8) is 0 Å². The first-order chi connectivity index (χ1) is 15.9. The quantitative estimate of drug-likeness (QED) is 0.345. The first kappa shape index (κ1) is 21.9. The second-order valence-corrected chi connectivity index (χ2v) is 7.34. The van der Waals surface area contributed by atoms with E-state index in [1.54, 1.807) is 44.6 Å². The van der Waals surface area contributed by atoms with E-state index < -0.39 is 23.3 Å². The molecule has 0 unspecified atom stereocenters. The number of ketones is 1. The number of methoxy groups -OCH3 is 1. The van der Waals surface area contributed by atoms with Gasteiger partial charge in [-0.1, -0.05) is 24.0 Å². The molecular formula is C26H18F2N2O3. The first-order valence-corrected chi connectivity index (χ1v) is 9.98. The molecule has 0 fully saturated rings.